The molecular formula is C20H19F2N3O. The Morgan fingerprint density at radius 1 is 1.12 bits per heavy atom. The zero-order chi connectivity index (χ0) is 18.1. The molecule has 0 spiro atoms. The molecule has 1 aliphatic heterocycles. The van der Waals surface area contributed by atoms with Gasteiger partial charge in [0.05, 0.1) is 5.52 Å². The van der Waals surface area contributed by atoms with E-state index < -0.39 is 11.6 Å². The second-order valence-corrected chi connectivity index (χ2v) is 6.76. The third kappa shape index (κ3) is 3.12. The predicted octanol–water partition coefficient (Wildman–Crippen LogP) is 4.31. The highest BCUT2D eigenvalue weighted by molar-refractivity contribution is 5.97. The molecule has 6 heteroatoms. The first kappa shape index (κ1) is 16.8. The average Bonchev–Trinajstić information content (AvgIpc) is 3.07. The topological polar surface area (TPSA) is 49.0 Å². The fraction of sp³-hybridized carbons (Fsp3) is 0.300. The van der Waals surface area contributed by atoms with Crippen LogP contribution in [0.1, 0.15) is 35.3 Å². The first-order valence-corrected chi connectivity index (χ1v) is 8.79. The molecule has 0 atom stereocenters. The van der Waals surface area contributed by atoms with Crippen LogP contribution < -0.4 is 0 Å². The number of aromatic amines is 1. The third-order valence-electron chi connectivity index (χ3n) is 4.96. The highest BCUT2D eigenvalue weighted by atomic mass is 19.2. The van der Waals surface area contributed by atoms with Crippen molar-refractivity contribution in [2.24, 2.45) is 0 Å². The van der Waals surface area contributed by atoms with E-state index in [1.54, 1.807) is 24.3 Å². The molecule has 134 valence electrons. The lowest BCUT2D eigenvalue weighted by atomic mass is 9.99. The molecule has 4 nitrogen and oxygen atoms in total. The largest absolute Gasteiger partial charge is 0.299 e. The summed E-state index contributed by atoms with van der Waals surface area (Å²) in [5.74, 6) is -1.72. The Morgan fingerprint density at radius 3 is 2.69 bits per heavy atom. The molecule has 0 bridgehead atoms. The molecule has 4 rings (SSSR count). The van der Waals surface area contributed by atoms with Gasteiger partial charge in [0.1, 0.15) is 5.69 Å². The van der Waals surface area contributed by atoms with Crippen LogP contribution in [0.3, 0.4) is 0 Å². The van der Waals surface area contributed by atoms with Crippen LogP contribution in [0.5, 0.6) is 0 Å². The molecule has 0 unspecified atom stereocenters. The van der Waals surface area contributed by atoms with Crippen molar-refractivity contribution in [3.8, 4) is 11.1 Å². The number of rotatable bonds is 4. The summed E-state index contributed by atoms with van der Waals surface area (Å²) in [5, 5.41) is 7.27. The average molecular weight is 355 g/mol. The van der Waals surface area contributed by atoms with Crippen molar-refractivity contribution < 1.29 is 13.6 Å². The highest BCUT2D eigenvalue weighted by Crippen LogP contribution is 2.30. The van der Waals surface area contributed by atoms with Crippen LogP contribution in [0.2, 0.25) is 0 Å². The molecule has 1 saturated heterocycles. The minimum absolute atomic E-state index is 0.206. The summed E-state index contributed by atoms with van der Waals surface area (Å²) >= 11 is 0. The number of piperidine rings is 1. The predicted molar refractivity (Wildman–Crippen MR) is 96.0 cm³/mol. The van der Waals surface area contributed by atoms with Gasteiger partial charge < -0.3 is 0 Å². The van der Waals surface area contributed by atoms with Gasteiger partial charge in [-0.05, 0) is 61.3 Å². The summed E-state index contributed by atoms with van der Waals surface area (Å²) in [5.41, 5.74) is 2.42. The van der Waals surface area contributed by atoms with Crippen molar-refractivity contribution in [2.75, 3.05) is 13.1 Å². The molecule has 1 fully saturated rings. The van der Waals surface area contributed by atoms with Gasteiger partial charge in [-0.3, -0.25) is 14.8 Å². The van der Waals surface area contributed by atoms with Crippen molar-refractivity contribution in [3.05, 3.63) is 53.2 Å². The Hall–Kier alpha value is -2.60. The lowest BCUT2D eigenvalue weighted by Gasteiger charge is -2.26. The maximum atomic E-state index is 14.5. The number of fused-ring (bicyclic) bond motifs is 1. The lowest BCUT2D eigenvalue weighted by Crippen LogP contribution is -2.29. The summed E-state index contributed by atoms with van der Waals surface area (Å²) in [6, 6.07) is 8.05. The molecule has 1 N–H and O–H groups in total. The van der Waals surface area contributed by atoms with E-state index >= 15 is 0 Å². The number of nitrogens with one attached hydrogen (secondary N) is 1. The van der Waals surface area contributed by atoms with Crippen molar-refractivity contribution in [2.45, 2.75) is 25.8 Å². The minimum Gasteiger partial charge on any atom is -0.299 e. The molecule has 0 saturated carbocycles. The minimum atomic E-state index is -0.872. The lowest BCUT2D eigenvalue weighted by molar-refractivity contribution is 0.112. The second kappa shape index (κ2) is 6.96. The number of hydrogen-bond acceptors (Lipinski definition) is 3. The third-order valence-corrected chi connectivity index (χ3v) is 4.96. The van der Waals surface area contributed by atoms with Gasteiger partial charge in [0, 0.05) is 17.5 Å². The molecule has 2 heterocycles. The number of benzene rings is 2. The number of halogens is 2. The molecule has 1 aromatic heterocycles. The fourth-order valence-electron chi connectivity index (χ4n) is 3.61. The van der Waals surface area contributed by atoms with Gasteiger partial charge in [-0.1, -0.05) is 12.5 Å². The van der Waals surface area contributed by atoms with Crippen LogP contribution in [0.4, 0.5) is 8.78 Å². The molecule has 26 heavy (non-hydrogen) atoms. The van der Waals surface area contributed by atoms with Crippen LogP contribution in [0, 0.1) is 11.6 Å². The molecule has 2 aromatic carbocycles. The van der Waals surface area contributed by atoms with Crippen LogP contribution in [-0.2, 0) is 6.54 Å². The molecule has 0 amide bonds. The summed E-state index contributed by atoms with van der Waals surface area (Å²) in [6.07, 6.45) is 4.18. The van der Waals surface area contributed by atoms with Crippen molar-refractivity contribution in [1.29, 1.82) is 0 Å². The van der Waals surface area contributed by atoms with E-state index in [1.807, 2.05) is 0 Å². The highest BCUT2D eigenvalue weighted by Gasteiger charge is 2.17. The quantitative estimate of drug-likeness (QED) is 0.710. The SMILES string of the molecule is O=Cc1[nH]nc2ccc(-c3cc(CN4CCCCC4)cc(F)c3F)cc12. The standard InChI is InChI=1S/C20H19F2N3O/c21-17-9-13(11-25-6-2-1-3-7-25)8-15(20(17)22)14-4-5-18-16(10-14)19(12-26)24-23-18/h4-5,8-10,12H,1-3,6-7,11H2,(H,23,24). The van der Waals surface area contributed by atoms with Crippen molar-refractivity contribution in [1.82, 2.24) is 15.1 Å². The Morgan fingerprint density at radius 2 is 1.92 bits per heavy atom. The van der Waals surface area contributed by atoms with Crippen LogP contribution in [-0.4, -0.2) is 34.5 Å². The Labute approximate surface area is 149 Å². The maximum Gasteiger partial charge on any atom is 0.168 e. The normalized spacial score (nSPS) is 15.5. The summed E-state index contributed by atoms with van der Waals surface area (Å²) in [7, 11) is 0. The van der Waals surface area contributed by atoms with Gasteiger partial charge in [0.25, 0.3) is 0 Å². The van der Waals surface area contributed by atoms with Gasteiger partial charge >= 0.3 is 0 Å². The van der Waals surface area contributed by atoms with Crippen molar-refractivity contribution >= 4 is 17.2 Å². The first-order chi connectivity index (χ1) is 12.7. The Kier molecular flexibility index (Phi) is 4.51. The maximum absolute atomic E-state index is 14.5. The van der Waals surface area contributed by atoms with E-state index in [0.717, 1.165) is 31.5 Å². The number of hydrogen-bond donors (Lipinski definition) is 1. The van der Waals surface area contributed by atoms with Gasteiger partial charge in [0.15, 0.2) is 17.9 Å². The zero-order valence-corrected chi connectivity index (χ0v) is 14.3. The number of aromatic nitrogens is 2. The van der Waals surface area contributed by atoms with Crippen LogP contribution in [0.15, 0.2) is 30.3 Å². The van der Waals surface area contributed by atoms with Crippen LogP contribution >= 0.6 is 0 Å². The van der Waals surface area contributed by atoms with E-state index in [-0.39, 0.29) is 5.56 Å². The van der Waals surface area contributed by atoms with Gasteiger partial charge in [-0.25, -0.2) is 8.78 Å². The number of carbonyl (C=O) groups is 1. The van der Waals surface area contributed by atoms with E-state index in [0.29, 0.717) is 35.0 Å². The Balaban J connectivity index is 1.74. The van der Waals surface area contributed by atoms with E-state index in [1.165, 1.54) is 12.5 Å². The van der Waals surface area contributed by atoms with Gasteiger partial charge in [-0.2, -0.15) is 5.10 Å². The Bertz CT molecular complexity index is 961. The van der Waals surface area contributed by atoms with E-state index in [4.69, 9.17) is 0 Å². The molecule has 3 aromatic rings. The summed E-state index contributed by atoms with van der Waals surface area (Å²) < 4.78 is 28.7. The summed E-state index contributed by atoms with van der Waals surface area (Å²) in [6.45, 7) is 2.58. The molecule has 0 aliphatic carbocycles. The number of nitrogens with zero attached hydrogens (tertiary/aromatic N) is 2. The zero-order valence-electron chi connectivity index (χ0n) is 14.3. The molecule has 1 aliphatic rings. The monoisotopic (exact) mass is 355 g/mol. The fourth-order valence-corrected chi connectivity index (χ4v) is 3.61. The summed E-state index contributed by atoms with van der Waals surface area (Å²) in [4.78, 5) is 13.4. The van der Waals surface area contributed by atoms with Crippen LogP contribution in [0.25, 0.3) is 22.0 Å². The smallest absolute Gasteiger partial charge is 0.168 e. The molecular weight excluding hydrogens is 336 g/mol. The number of aldehydes is 1. The van der Waals surface area contributed by atoms with E-state index in [9.17, 15) is 13.6 Å². The first-order valence-electron chi connectivity index (χ1n) is 8.79. The van der Waals surface area contributed by atoms with E-state index in [2.05, 4.69) is 15.1 Å². The van der Waals surface area contributed by atoms with Gasteiger partial charge in [-0.15, -0.1) is 0 Å². The number of likely N-dealkylation sites (tertiary alicyclic amines) is 1. The number of H-pyrrole nitrogens is 1. The number of carbonyl (C=O) groups excluding carboxylic acids is 1. The van der Waals surface area contributed by atoms with Crippen molar-refractivity contribution in [3.63, 3.8) is 0 Å². The molecule has 0 radical (unpaired) electrons. The van der Waals surface area contributed by atoms with Gasteiger partial charge in [0.2, 0.25) is 0 Å². The second-order valence-electron chi connectivity index (χ2n) is 6.76.